The lowest BCUT2D eigenvalue weighted by molar-refractivity contribution is 0.0695. The van der Waals surface area contributed by atoms with E-state index in [1.807, 2.05) is 0 Å². The Balaban J connectivity index is 2.17. The van der Waals surface area contributed by atoms with Crippen LogP contribution in [0.4, 0.5) is 13.2 Å². The van der Waals surface area contributed by atoms with E-state index in [-0.39, 0.29) is 12.0 Å². The molecule has 0 aliphatic carbocycles. The number of halogens is 3. The highest BCUT2D eigenvalue weighted by atomic mass is 19.1. The van der Waals surface area contributed by atoms with Crippen molar-refractivity contribution < 1.29 is 23.1 Å². The molecule has 2 aromatic carbocycles. The van der Waals surface area contributed by atoms with Gasteiger partial charge in [0.25, 0.3) is 0 Å². The Morgan fingerprint density at radius 2 is 1.79 bits per heavy atom. The number of H-pyrrole nitrogens is 1. The molecule has 1 heterocycles. The number of carboxylic acid groups (broad SMARTS) is 1. The molecule has 0 unspecified atom stereocenters. The molecule has 3 aromatic rings. The largest absolute Gasteiger partial charge is 0.477 e. The Morgan fingerprint density at radius 3 is 2.42 bits per heavy atom. The smallest absolute Gasteiger partial charge is 0.341 e. The lowest BCUT2D eigenvalue weighted by Crippen LogP contribution is -2.17. The third kappa shape index (κ3) is 2.64. The second-order valence-electron chi connectivity index (χ2n) is 5.22. The van der Waals surface area contributed by atoms with E-state index in [1.54, 1.807) is 0 Å². The van der Waals surface area contributed by atoms with E-state index in [2.05, 4.69) is 4.98 Å². The molecule has 0 aliphatic heterocycles. The number of aromatic nitrogens is 1. The molecule has 0 radical (unpaired) electrons. The maximum atomic E-state index is 14.6. The quantitative estimate of drug-likeness (QED) is 0.773. The Kier molecular flexibility index (Phi) is 3.84. The van der Waals surface area contributed by atoms with Gasteiger partial charge in [0, 0.05) is 12.6 Å². The summed E-state index contributed by atoms with van der Waals surface area (Å²) >= 11 is 0. The summed E-state index contributed by atoms with van der Waals surface area (Å²) in [5.41, 5.74) is -1.65. The van der Waals surface area contributed by atoms with Gasteiger partial charge in [-0.1, -0.05) is 12.1 Å². The van der Waals surface area contributed by atoms with Gasteiger partial charge in [0.2, 0.25) is 5.43 Å². The summed E-state index contributed by atoms with van der Waals surface area (Å²) in [5, 5.41) is 8.25. The number of benzene rings is 2. The number of fused-ring (bicyclic) bond motifs is 1. The monoisotopic (exact) mass is 333 g/mol. The van der Waals surface area contributed by atoms with Gasteiger partial charge in [-0.25, -0.2) is 18.0 Å². The molecule has 0 saturated heterocycles. The van der Waals surface area contributed by atoms with Crippen LogP contribution >= 0.6 is 0 Å². The zero-order valence-corrected chi connectivity index (χ0v) is 12.1. The van der Waals surface area contributed by atoms with Crippen LogP contribution in [-0.4, -0.2) is 16.1 Å². The lowest BCUT2D eigenvalue weighted by Gasteiger charge is -2.09. The van der Waals surface area contributed by atoms with E-state index >= 15 is 0 Å². The van der Waals surface area contributed by atoms with Gasteiger partial charge in [-0.3, -0.25) is 4.79 Å². The predicted octanol–water partition coefficient (Wildman–Crippen LogP) is 3.23. The van der Waals surface area contributed by atoms with Crippen molar-refractivity contribution in [1.82, 2.24) is 4.98 Å². The highest BCUT2D eigenvalue weighted by Crippen LogP contribution is 2.23. The molecule has 0 spiro atoms. The molecule has 0 aliphatic rings. The van der Waals surface area contributed by atoms with Crippen LogP contribution in [0.2, 0.25) is 0 Å². The first-order valence-electron chi connectivity index (χ1n) is 6.88. The summed E-state index contributed by atoms with van der Waals surface area (Å²) in [6.45, 7) is 0. The number of aromatic carboxylic acids is 1. The topological polar surface area (TPSA) is 70.2 Å². The van der Waals surface area contributed by atoms with Crippen molar-refractivity contribution in [2.24, 2.45) is 0 Å². The van der Waals surface area contributed by atoms with Gasteiger partial charge in [-0.05, 0) is 29.3 Å². The van der Waals surface area contributed by atoms with Gasteiger partial charge >= 0.3 is 5.97 Å². The Hall–Kier alpha value is -3.09. The van der Waals surface area contributed by atoms with Gasteiger partial charge in [0.15, 0.2) is 5.82 Å². The molecule has 0 atom stereocenters. The van der Waals surface area contributed by atoms with Gasteiger partial charge in [-0.2, -0.15) is 0 Å². The van der Waals surface area contributed by atoms with E-state index < -0.39 is 45.3 Å². The first-order valence-corrected chi connectivity index (χ1v) is 6.88. The molecule has 122 valence electrons. The molecule has 0 bridgehead atoms. The zero-order chi connectivity index (χ0) is 17.4. The van der Waals surface area contributed by atoms with Crippen LogP contribution in [0, 0.1) is 17.5 Å². The van der Waals surface area contributed by atoms with Gasteiger partial charge < -0.3 is 10.1 Å². The third-order valence-corrected chi connectivity index (χ3v) is 3.66. The number of aromatic amines is 1. The lowest BCUT2D eigenvalue weighted by atomic mass is 10.0. The average Bonchev–Trinajstić information content (AvgIpc) is 2.53. The molecule has 0 fully saturated rings. The van der Waals surface area contributed by atoms with Crippen molar-refractivity contribution in [3.63, 3.8) is 0 Å². The van der Waals surface area contributed by atoms with Crippen LogP contribution in [0.25, 0.3) is 10.9 Å². The second kappa shape index (κ2) is 5.84. The van der Waals surface area contributed by atoms with Crippen LogP contribution in [-0.2, 0) is 6.42 Å². The van der Waals surface area contributed by atoms with Gasteiger partial charge in [0.1, 0.15) is 17.2 Å². The maximum Gasteiger partial charge on any atom is 0.341 e. The van der Waals surface area contributed by atoms with Crippen LogP contribution in [0.3, 0.4) is 0 Å². The van der Waals surface area contributed by atoms with E-state index in [9.17, 15) is 22.8 Å². The molecule has 24 heavy (non-hydrogen) atoms. The van der Waals surface area contributed by atoms with Crippen molar-refractivity contribution in [2.75, 3.05) is 0 Å². The minimum Gasteiger partial charge on any atom is -0.477 e. The van der Waals surface area contributed by atoms with Crippen molar-refractivity contribution >= 4 is 16.9 Å². The van der Waals surface area contributed by atoms with Crippen molar-refractivity contribution in [2.45, 2.75) is 6.42 Å². The Morgan fingerprint density at radius 1 is 1.12 bits per heavy atom. The molecule has 1 aromatic heterocycles. The third-order valence-electron chi connectivity index (χ3n) is 3.66. The number of carbonyl (C=O) groups is 1. The van der Waals surface area contributed by atoms with Crippen molar-refractivity contribution in [3.8, 4) is 0 Å². The number of rotatable bonds is 3. The van der Waals surface area contributed by atoms with E-state index in [1.165, 1.54) is 24.3 Å². The molecule has 7 heteroatoms. The zero-order valence-electron chi connectivity index (χ0n) is 12.1. The SMILES string of the molecule is O=C(O)c1c[nH]c2c(F)c(Cc3ccc(F)cc3)cc(F)c2c1=O. The normalized spacial score (nSPS) is 11.0. The first-order chi connectivity index (χ1) is 11.4. The van der Waals surface area contributed by atoms with E-state index in [0.717, 1.165) is 12.3 Å². The fourth-order valence-corrected chi connectivity index (χ4v) is 2.49. The summed E-state index contributed by atoms with van der Waals surface area (Å²) in [6, 6.07) is 6.12. The number of hydrogen-bond donors (Lipinski definition) is 2. The van der Waals surface area contributed by atoms with Crippen molar-refractivity contribution in [3.05, 3.63) is 80.9 Å². The number of hydrogen-bond acceptors (Lipinski definition) is 2. The highest BCUT2D eigenvalue weighted by Gasteiger charge is 2.19. The standard InChI is InChI=1S/C17H10F3NO3/c18-10-3-1-8(2-4-10)5-9-6-12(19)13-15(14(9)20)21-7-11(16(13)22)17(23)24/h1-4,6-7H,5H2,(H,21,22)(H,23,24). The summed E-state index contributed by atoms with van der Waals surface area (Å²) in [6.07, 6.45) is 0.818. The van der Waals surface area contributed by atoms with Crippen molar-refractivity contribution in [1.29, 1.82) is 0 Å². The molecular formula is C17H10F3NO3. The highest BCUT2D eigenvalue weighted by molar-refractivity contribution is 5.92. The summed E-state index contributed by atoms with van der Waals surface area (Å²) in [7, 11) is 0. The second-order valence-corrected chi connectivity index (χ2v) is 5.22. The van der Waals surface area contributed by atoms with Crippen LogP contribution in [0.1, 0.15) is 21.5 Å². The summed E-state index contributed by atoms with van der Waals surface area (Å²) < 4.78 is 41.7. The van der Waals surface area contributed by atoms with Crippen LogP contribution in [0.5, 0.6) is 0 Å². The minimum atomic E-state index is -1.53. The Bertz CT molecular complexity index is 1010. The first kappa shape index (κ1) is 15.8. The number of carboxylic acids is 1. The van der Waals surface area contributed by atoms with Crippen LogP contribution < -0.4 is 5.43 Å². The molecule has 3 rings (SSSR count). The maximum absolute atomic E-state index is 14.6. The number of nitrogens with one attached hydrogen (secondary N) is 1. The fourth-order valence-electron chi connectivity index (χ4n) is 2.49. The van der Waals surface area contributed by atoms with E-state index in [4.69, 9.17) is 5.11 Å². The van der Waals surface area contributed by atoms with Gasteiger partial charge in [0.05, 0.1) is 10.9 Å². The van der Waals surface area contributed by atoms with E-state index in [0.29, 0.717) is 5.56 Å². The fraction of sp³-hybridized carbons (Fsp3) is 0.0588. The summed E-state index contributed by atoms with van der Waals surface area (Å²) in [4.78, 5) is 25.3. The minimum absolute atomic E-state index is 0.0122. The molecule has 0 saturated carbocycles. The average molecular weight is 333 g/mol. The Labute approximate surface area is 133 Å². The van der Waals surface area contributed by atoms with Crippen LogP contribution in [0.15, 0.2) is 41.3 Å². The number of pyridine rings is 1. The molecule has 4 nitrogen and oxygen atoms in total. The molecule has 2 N–H and O–H groups in total. The molecule has 0 amide bonds. The van der Waals surface area contributed by atoms with Gasteiger partial charge in [-0.15, -0.1) is 0 Å². The molecular weight excluding hydrogens is 323 g/mol. The summed E-state index contributed by atoms with van der Waals surface area (Å²) in [5.74, 6) is -3.86. The predicted molar refractivity (Wildman–Crippen MR) is 80.7 cm³/mol.